The molecule has 0 radical (unpaired) electrons. The lowest BCUT2D eigenvalue weighted by Gasteiger charge is -2.06. The van der Waals surface area contributed by atoms with Crippen LogP contribution in [-0.4, -0.2) is 20.5 Å². The normalized spacial score (nSPS) is 11.0. The Hall–Kier alpha value is -3.54. The number of carbonyl (C=O) groups is 1. The van der Waals surface area contributed by atoms with E-state index in [-0.39, 0.29) is 17.4 Å². The molecule has 2 aromatic heterocycles. The van der Waals surface area contributed by atoms with Crippen LogP contribution in [0.25, 0.3) is 16.9 Å². The second-order valence-electron chi connectivity index (χ2n) is 6.84. The van der Waals surface area contributed by atoms with Crippen LogP contribution < -0.4 is 5.32 Å². The van der Waals surface area contributed by atoms with E-state index < -0.39 is 0 Å². The van der Waals surface area contributed by atoms with E-state index in [1.807, 2.05) is 45.0 Å². The first kappa shape index (κ1) is 17.9. The lowest BCUT2D eigenvalue weighted by atomic mass is 10.1. The average molecular weight is 374 g/mol. The standard InChI is InChI=1S/C22H19FN4O/c1-13-4-9-18(10-14(13)2)24-22(28)20-12-21-25-19(11-15(3)27(21)26-20)16-5-7-17(23)8-6-16/h4-12H,1-3H3,(H,24,28). The Kier molecular flexibility index (Phi) is 4.39. The molecular weight excluding hydrogens is 355 g/mol. The number of hydrogen-bond donors (Lipinski definition) is 1. The maximum Gasteiger partial charge on any atom is 0.276 e. The molecule has 2 aromatic carbocycles. The van der Waals surface area contributed by atoms with Gasteiger partial charge in [0.05, 0.1) is 5.69 Å². The Labute approximate surface area is 161 Å². The van der Waals surface area contributed by atoms with Crippen molar-refractivity contribution >= 4 is 17.2 Å². The SMILES string of the molecule is Cc1ccc(NC(=O)c2cc3nc(-c4ccc(F)cc4)cc(C)n3n2)cc1C. The number of aromatic nitrogens is 3. The van der Waals surface area contributed by atoms with Crippen LogP contribution in [-0.2, 0) is 0 Å². The van der Waals surface area contributed by atoms with Crippen molar-refractivity contribution in [3.05, 3.63) is 82.9 Å². The molecule has 140 valence electrons. The van der Waals surface area contributed by atoms with Gasteiger partial charge >= 0.3 is 0 Å². The van der Waals surface area contributed by atoms with Crippen LogP contribution in [0.4, 0.5) is 10.1 Å². The fourth-order valence-corrected chi connectivity index (χ4v) is 3.02. The maximum atomic E-state index is 13.2. The molecule has 0 atom stereocenters. The second-order valence-corrected chi connectivity index (χ2v) is 6.84. The molecule has 5 nitrogen and oxygen atoms in total. The van der Waals surface area contributed by atoms with Crippen LogP contribution >= 0.6 is 0 Å². The molecule has 1 amide bonds. The molecule has 6 heteroatoms. The van der Waals surface area contributed by atoms with Gasteiger partial charge in [0, 0.05) is 23.0 Å². The summed E-state index contributed by atoms with van der Waals surface area (Å²) in [5, 5.41) is 7.25. The van der Waals surface area contributed by atoms with E-state index in [2.05, 4.69) is 15.4 Å². The van der Waals surface area contributed by atoms with E-state index in [0.29, 0.717) is 11.3 Å². The second kappa shape index (κ2) is 6.88. The minimum atomic E-state index is -0.295. The van der Waals surface area contributed by atoms with E-state index in [1.165, 1.54) is 17.7 Å². The Morgan fingerprint density at radius 1 is 0.964 bits per heavy atom. The Morgan fingerprint density at radius 2 is 1.71 bits per heavy atom. The van der Waals surface area contributed by atoms with Crippen molar-refractivity contribution in [1.29, 1.82) is 0 Å². The van der Waals surface area contributed by atoms with Gasteiger partial charge in [0.2, 0.25) is 0 Å². The highest BCUT2D eigenvalue weighted by molar-refractivity contribution is 6.03. The number of amides is 1. The quantitative estimate of drug-likeness (QED) is 0.565. The van der Waals surface area contributed by atoms with Gasteiger partial charge < -0.3 is 5.32 Å². The first-order chi connectivity index (χ1) is 13.4. The van der Waals surface area contributed by atoms with Gasteiger partial charge in [-0.1, -0.05) is 6.07 Å². The minimum absolute atomic E-state index is 0.282. The zero-order valence-corrected chi connectivity index (χ0v) is 15.8. The molecule has 2 heterocycles. The van der Waals surface area contributed by atoms with Gasteiger partial charge in [0.1, 0.15) is 5.82 Å². The smallest absolute Gasteiger partial charge is 0.276 e. The highest BCUT2D eigenvalue weighted by Gasteiger charge is 2.14. The lowest BCUT2D eigenvalue weighted by molar-refractivity contribution is 0.102. The summed E-state index contributed by atoms with van der Waals surface area (Å²) >= 11 is 0. The lowest BCUT2D eigenvalue weighted by Crippen LogP contribution is -2.13. The number of anilines is 1. The maximum absolute atomic E-state index is 13.2. The molecule has 0 aliphatic carbocycles. The Balaban J connectivity index is 1.67. The van der Waals surface area contributed by atoms with Crippen molar-refractivity contribution in [3.63, 3.8) is 0 Å². The number of benzene rings is 2. The summed E-state index contributed by atoms with van der Waals surface area (Å²) < 4.78 is 14.8. The van der Waals surface area contributed by atoms with Crippen molar-refractivity contribution in [1.82, 2.24) is 14.6 Å². The number of aryl methyl sites for hydroxylation is 3. The molecule has 0 saturated carbocycles. The fourth-order valence-electron chi connectivity index (χ4n) is 3.02. The third kappa shape index (κ3) is 3.36. The summed E-state index contributed by atoms with van der Waals surface area (Å²) in [6.45, 7) is 5.91. The Morgan fingerprint density at radius 3 is 2.43 bits per heavy atom. The van der Waals surface area contributed by atoms with Crippen LogP contribution in [0.3, 0.4) is 0 Å². The van der Waals surface area contributed by atoms with E-state index in [4.69, 9.17) is 0 Å². The van der Waals surface area contributed by atoms with E-state index in [1.54, 1.807) is 22.7 Å². The first-order valence-corrected chi connectivity index (χ1v) is 8.93. The molecule has 0 fully saturated rings. The molecule has 0 unspecified atom stereocenters. The van der Waals surface area contributed by atoms with Gasteiger partial charge in [-0.3, -0.25) is 4.79 Å². The van der Waals surface area contributed by atoms with E-state index in [9.17, 15) is 9.18 Å². The molecule has 0 saturated heterocycles. The van der Waals surface area contributed by atoms with Crippen molar-refractivity contribution < 1.29 is 9.18 Å². The summed E-state index contributed by atoms with van der Waals surface area (Å²) in [4.78, 5) is 17.2. The predicted octanol–water partition coefficient (Wildman–Crippen LogP) is 4.71. The van der Waals surface area contributed by atoms with E-state index in [0.717, 1.165) is 22.5 Å². The highest BCUT2D eigenvalue weighted by atomic mass is 19.1. The van der Waals surface area contributed by atoms with Gasteiger partial charge in [-0.15, -0.1) is 0 Å². The average Bonchev–Trinajstić information content (AvgIpc) is 3.10. The van der Waals surface area contributed by atoms with Gasteiger partial charge in [0.15, 0.2) is 11.3 Å². The molecule has 0 aliphatic heterocycles. The third-order valence-corrected chi connectivity index (χ3v) is 4.74. The largest absolute Gasteiger partial charge is 0.321 e. The van der Waals surface area contributed by atoms with Crippen LogP contribution in [0, 0.1) is 26.6 Å². The number of halogens is 1. The summed E-state index contributed by atoms with van der Waals surface area (Å²) in [7, 11) is 0. The molecule has 0 aliphatic rings. The van der Waals surface area contributed by atoms with Crippen LogP contribution in [0.5, 0.6) is 0 Å². The first-order valence-electron chi connectivity index (χ1n) is 8.93. The molecule has 28 heavy (non-hydrogen) atoms. The summed E-state index contributed by atoms with van der Waals surface area (Å²) in [5.74, 6) is -0.590. The van der Waals surface area contributed by atoms with Gasteiger partial charge in [0.25, 0.3) is 5.91 Å². The molecule has 0 spiro atoms. The molecule has 4 rings (SSSR count). The third-order valence-electron chi connectivity index (χ3n) is 4.74. The number of fused-ring (bicyclic) bond motifs is 1. The Bertz CT molecular complexity index is 1200. The van der Waals surface area contributed by atoms with E-state index >= 15 is 0 Å². The number of carbonyl (C=O) groups excluding carboxylic acids is 1. The number of nitrogens with zero attached hydrogens (tertiary/aromatic N) is 3. The zero-order valence-electron chi connectivity index (χ0n) is 15.8. The van der Waals surface area contributed by atoms with Crippen LogP contribution in [0.2, 0.25) is 0 Å². The van der Waals surface area contributed by atoms with Crippen molar-refractivity contribution in [3.8, 4) is 11.3 Å². The molecule has 1 N–H and O–H groups in total. The minimum Gasteiger partial charge on any atom is -0.321 e. The van der Waals surface area contributed by atoms with Crippen LogP contribution in [0.1, 0.15) is 27.3 Å². The molecular formula is C22H19FN4O. The topological polar surface area (TPSA) is 59.3 Å². The fraction of sp³-hybridized carbons (Fsp3) is 0.136. The van der Waals surface area contributed by atoms with Crippen molar-refractivity contribution in [2.45, 2.75) is 20.8 Å². The van der Waals surface area contributed by atoms with Gasteiger partial charge in [-0.2, -0.15) is 5.10 Å². The summed E-state index contributed by atoms with van der Waals surface area (Å²) in [6, 6.07) is 15.4. The van der Waals surface area contributed by atoms with Crippen molar-refractivity contribution in [2.24, 2.45) is 0 Å². The van der Waals surface area contributed by atoms with Gasteiger partial charge in [-0.05, 0) is 74.4 Å². The molecule has 0 bridgehead atoms. The number of nitrogens with one attached hydrogen (secondary N) is 1. The summed E-state index contributed by atoms with van der Waals surface area (Å²) in [6.07, 6.45) is 0. The highest BCUT2D eigenvalue weighted by Crippen LogP contribution is 2.21. The predicted molar refractivity (Wildman–Crippen MR) is 107 cm³/mol. The summed E-state index contributed by atoms with van der Waals surface area (Å²) in [5.41, 5.74) is 6.17. The van der Waals surface area contributed by atoms with Gasteiger partial charge in [-0.25, -0.2) is 13.9 Å². The number of hydrogen-bond acceptors (Lipinski definition) is 3. The monoisotopic (exact) mass is 374 g/mol. The zero-order chi connectivity index (χ0) is 19.8. The van der Waals surface area contributed by atoms with Crippen LogP contribution in [0.15, 0.2) is 54.6 Å². The number of rotatable bonds is 3. The molecule has 4 aromatic rings. The van der Waals surface area contributed by atoms with Crippen molar-refractivity contribution in [2.75, 3.05) is 5.32 Å².